The smallest absolute Gasteiger partial charge is 0.235 e. The number of nitrogens with zero attached hydrogens (tertiary/aromatic N) is 2. The maximum absolute atomic E-state index is 12.8. The van der Waals surface area contributed by atoms with Crippen LogP contribution in [0, 0.1) is 0 Å². The average Bonchev–Trinajstić information content (AvgIpc) is 3.10. The minimum atomic E-state index is -0.358. The molecule has 36 heavy (non-hydrogen) atoms. The molecule has 4 N–H and O–H groups in total. The van der Waals surface area contributed by atoms with Gasteiger partial charge in [-0.2, -0.15) is 0 Å². The highest BCUT2D eigenvalue weighted by Crippen LogP contribution is 2.43. The summed E-state index contributed by atoms with van der Waals surface area (Å²) in [6.45, 7) is 10.7. The molecular weight excluding hydrogens is 521 g/mol. The Labute approximate surface area is 231 Å². The van der Waals surface area contributed by atoms with Gasteiger partial charge < -0.3 is 20.8 Å². The van der Waals surface area contributed by atoms with Crippen LogP contribution < -0.4 is 10.2 Å². The van der Waals surface area contributed by atoms with E-state index in [4.69, 9.17) is 28.3 Å². The summed E-state index contributed by atoms with van der Waals surface area (Å²) in [7, 11) is 0. The van der Waals surface area contributed by atoms with Crippen molar-refractivity contribution in [2.75, 3.05) is 42.9 Å². The number of halogens is 3. The van der Waals surface area contributed by atoms with Gasteiger partial charge in [-0.25, -0.2) is 0 Å². The highest BCUT2D eigenvalue weighted by Gasteiger charge is 2.44. The Morgan fingerprint density at radius 3 is 2.28 bits per heavy atom. The summed E-state index contributed by atoms with van der Waals surface area (Å²) in [6.07, 6.45) is 3.76. The highest BCUT2D eigenvalue weighted by atomic mass is 35.5. The zero-order valence-corrected chi connectivity index (χ0v) is 23.7. The molecule has 202 valence electrons. The first kappa shape index (κ1) is 32.5. The number of hydrogen-bond donors (Lipinski definition) is 2. The molecule has 2 heterocycles. The molecule has 1 atom stereocenters. The van der Waals surface area contributed by atoms with Crippen LogP contribution in [-0.2, 0) is 10.2 Å². The molecule has 9 heteroatoms. The van der Waals surface area contributed by atoms with E-state index in [0.29, 0.717) is 10.0 Å². The number of amides is 1. The van der Waals surface area contributed by atoms with E-state index in [2.05, 4.69) is 28.1 Å². The number of fused-ring (bicyclic) bond motifs is 1. The summed E-state index contributed by atoms with van der Waals surface area (Å²) in [5.41, 5.74) is 2.94. The van der Waals surface area contributed by atoms with Gasteiger partial charge in [-0.1, -0.05) is 54.7 Å². The summed E-state index contributed by atoms with van der Waals surface area (Å²) in [5, 5.41) is 12.4. The number of benzene rings is 2. The number of rotatable bonds is 7. The molecule has 2 aromatic rings. The molecule has 2 aliphatic heterocycles. The Hall–Kier alpha value is -1.54. The number of unbranched alkanes of at least 4 members (excludes halogenated alkanes) is 1. The lowest BCUT2D eigenvalue weighted by Crippen LogP contribution is -2.46. The average molecular weight is 561 g/mol. The summed E-state index contributed by atoms with van der Waals surface area (Å²) in [6, 6.07) is 14.0. The van der Waals surface area contributed by atoms with E-state index in [1.54, 1.807) is 13.8 Å². The fourth-order valence-electron chi connectivity index (χ4n) is 4.82. The van der Waals surface area contributed by atoms with Gasteiger partial charge in [0.05, 0.1) is 15.5 Å². The van der Waals surface area contributed by atoms with Gasteiger partial charge in [0, 0.05) is 43.7 Å². The highest BCUT2D eigenvalue weighted by molar-refractivity contribution is 6.42. The normalized spacial score (nSPS) is 19.0. The lowest BCUT2D eigenvalue weighted by Gasteiger charge is -2.36. The van der Waals surface area contributed by atoms with Crippen LogP contribution >= 0.6 is 35.6 Å². The summed E-state index contributed by atoms with van der Waals surface area (Å²) in [4.78, 5) is 17.6. The first-order valence-corrected chi connectivity index (χ1v) is 13.0. The Bertz CT molecular complexity index is 966. The Morgan fingerprint density at radius 1 is 1.03 bits per heavy atom. The number of hydrogen-bond acceptors (Lipinski definition) is 4. The monoisotopic (exact) mass is 559 g/mol. The fraction of sp³-hybridized carbons (Fsp3) is 0.519. The van der Waals surface area contributed by atoms with Gasteiger partial charge >= 0.3 is 0 Å². The third-order valence-electron chi connectivity index (χ3n) is 6.70. The first-order chi connectivity index (χ1) is 16.3. The van der Waals surface area contributed by atoms with Crippen molar-refractivity contribution in [3.05, 3.63) is 58.1 Å². The van der Waals surface area contributed by atoms with Crippen molar-refractivity contribution in [2.45, 2.75) is 58.0 Å². The van der Waals surface area contributed by atoms with Crippen LogP contribution in [0.2, 0.25) is 10.0 Å². The molecule has 1 unspecified atom stereocenters. The number of piperazine rings is 1. The first-order valence-electron chi connectivity index (χ1n) is 12.3. The molecule has 0 radical (unpaired) electrons. The predicted molar refractivity (Wildman–Crippen MR) is 154 cm³/mol. The summed E-state index contributed by atoms with van der Waals surface area (Å²) >= 11 is 12.2. The van der Waals surface area contributed by atoms with Gasteiger partial charge in [0.2, 0.25) is 5.91 Å². The van der Waals surface area contributed by atoms with Crippen LogP contribution in [0.25, 0.3) is 0 Å². The van der Waals surface area contributed by atoms with Gasteiger partial charge in [0.15, 0.2) is 0 Å². The van der Waals surface area contributed by atoms with Gasteiger partial charge in [-0.3, -0.25) is 9.69 Å². The molecule has 1 amide bonds. The molecule has 0 bridgehead atoms. The van der Waals surface area contributed by atoms with Crippen molar-refractivity contribution in [3.8, 4) is 0 Å². The Morgan fingerprint density at radius 2 is 1.67 bits per heavy atom. The second kappa shape index (κ2) is 15.0. The van der Waals surface area contributed by atoms with Crippen LogP contribution in [0.15, 0.2) is 42.5 Å². The van der Waals surface area contributed by atoms with E-state index in [-0.39, 0.29) is 35.3 Å². The number of anilines is 2. The van der Waals surface area contributed by atoms with Crippen LogP contribution in [-0.4, -0.2) is 60.2 Å². The number of carbonyl (C=O) groups is 1. The number of carbonyl (C=O) groups excluding carboxylic acids is 1. The van der Waals surface area contributed by atoms with Gasteiger partial charge in [-0.15, -0.1) is 12.4 Å². The van der Waals surface area contributed by atoms with E-state index in [1.165, 1.54) is 5.56 Å². The molecule has 1 saturated heterocycles. The molecule has 4 rings (SSSR count). The fourth-order valence-corrected chi connectivity index (χ4v) is 5.12. The second-order valence-corrected chi connectivity index (χ2v) is 10.2. The second-order valence-electron chi connectivity index (χ2n) is 9.41. The topological polar surface area (TPSA) is 87.3 Å². The number of para-hydroxylation sites is 1. The SMILES string of the molecule is CC(C)O.CCC1(CCCCN2CCN(c3ccc(Cl)c(Cl)c3)CC2)C(=O)Nc2ccccc21.Cl.O. The van der Waals surface area contributed by atoms with E-state index >= 15 is 0 Å². The molecule has 0 aromatic heterocycles. The summed E-state index contributed by atoms with van der Waals surface area (Å²) < 4.78 is 0. The Balaban J connectivity index is 0.00000101. The third kappa shape index (κ3) is 7.98. The Kier molecular flexibility index (Phi) is 13.5. The molecule has 0 spiro atoms. The number of nitrogens with one attached hydrogen (secondary N) is 1. The van der Waals surface area contributed by atoms with Crippen LogP contribution in [0.4, 0.5) is 11.4 Å². The lowest BCUT2D eigenvalue weighted by molar-refractivity contribution is -0.121. The van der Waals surface area contributed by atoms with Crippen molar-refractivity contribution in [3.63, 3.8) is 0 Å². The molecule has 0 aliphatic carbocycles. The van der Waals surface area contributed by atoms with Gasteiger partial charge in [0.25, 0.3) is 0 Å². The number of aliphatic hydroxyl groups is 1. The molecule has 6 nitrogen and oxygen atoms in total. The standard InChI is InChI=1S/C24H29Cl2N3O.C3H8O.ClH.H2O/c1-2-24(19-7-3-4-8-22(19)27-23(24)30)11-5-6-12-28-13-15-29(16-14-28)18-9-10-20(25)21(26)17-18;1-3(2)4;;/h3-4,7-10,17H,2,5-6,11-16H2,1H3,(H,27,30);3-4H,1-2H3;1H;1H2. The van der Waals surface area contributed by atoms with E-state index in [1.807, 2.05) is 36.4 Å². The lowest BCUT2D eigenvalue weighted by atomic mass is 9.75. The van der Waals surface area contributed by atoms with E-state index < -0.39 is 0 Å². The molecule has 1 fully saturated rings. The zero-order chi connectivity index (χ0) is 24.7. The maximum atomic E-state index is 12.8. The minimum Gasteiger partial charge on any atom is -0.412 e. The van der Waals surface area contributed by atoms with Crippen molar-refractivity contribution in [2.24, 2.45) is 0 Å². The van der Waals surface area contributed by atoms with Crippen LogP contribution in [0.3, 0.4) is 0 Å². The van der Waals surface area contributed by atoms with E-state index in [0.717, 1.165) is 69.8 Å². The predicted octanol–water partition coefficient (Wildman–Crippen LogP) is 5.57. The third-order valence-corrected chi connectivity index (χ3v) is 7.44. The quantitative estimate of drug-likeness (QED) is 0.434. The van der Waals surface area contributed by atoms with Crippen molar-refractivity contribution in [1.29, 1.82) is 0 Å². The van der Waals surface area contributed by atoms with Crippen LogP contribution in [0.1, 0.15) is 52.0 Å². The largest absolute Gasteiger partial charge is 0.412 e. The van der Waals surface area contributed by atoms with Crippen molar-refractivity contribution >= 4 is 52.9 Å². The number of aliphatic hydroxyl groups excluding tert-OH is 1. The van der Waals surface area contributed by atoms with Gasteiger partial charge in [0.1, 0.15) is 0 Å². The van der Waals surface area contributed by atoms with Crippen LogP contribution in [0.5, 0.6) is 0 Å². The zero-order valence-electron chi connectivity index (χ0n) is 21.4. The molecule has 2 aliphatic rings. The van der Waals surface area contributed by atoms with Gasteiger partial charge in [-0.05, 0) is 69.5 Å². The maximum Gasteiger partial charge on any atom is 0.235 e. The molecule has 2 aromatic carbocycles. The molecule has 0 saturated carbocycles. The summed E-state index contributed by atoms with van der Waals surface area (Å²) in [5.74, 6) is 0.168. The van der Waals surface area contributed by atoms with Crippen molar-refractivity contribution in [1.82, 2.24) is 4.90 Å². The molecular formula is C27H40Cl3N3O3. The van der Waals surface area contributed by atoms with E-state index in [9.17, 15) is 4.79 Å². The minimum absolute atomic E-state index is 0. The van der Waals surface area contributed by atoms with Crippen molar-refractivity contribution < 1.29 is 15.4 Å².